The summed E-state index contributed by atoms with van der Waals surface area (Å²) in [5.74, 6) is 0.525. The number of aryl methyl sites for hydroxylation is 2. The Balaban J connectivity index is 2.01. The van der Waals surface area contributed by atoms with E-state index in [9.17, 15) is 4.79 Å². The Bertz CT molecular complexity index is 534. The van der Waals surface area contributed by atoms with Crippen LogP contribution in [-0.4, -0.2) is 29.9 Å². The summed E-state index contributed by atoms with van der Waals surface area (Å²) in [6, 6.07) is 6.43. The largest absolute Gasteiger partial charge is 0.339 e. The van der Waals surface area contributed by atoms with Crippen LogP contribution in [0.1, 0.15) is 36.5 Å². The maximum atomic E-state index is 12.3. The molecule has 114 valence electrons. The van der Waals surface area contributed by atoms with Gasteiger partial charge in [-0.15, -0.1) is 0 Å². The number of piperidine rings is 1. The van der Waals surface area contributed by atoms with Crippen molar-refractivity contribution in [1.29, 1.82) is 0 Å². The van der Waals surface area contributed by atoms with Crippen molar-refractivity contribution in [2.24, 2.45) is 11.7 Å². The minimum atomic E-state index is 0.0975. The van der Waals surface area contributed by atoms with Crippen molar-refractivity contribution in [3.05, 3.63) is 41.0 Å². The Hall–Kier alpha value is -1.61. The summed E-state index contributed by atoms with van der Waals surface area (Å²) >= 11 is 0. The second-order valence-electron chi connectivity index (χ2n) is 6.24. The van der Waals surface area contributed by atoms with Crippen molar-refractivity contribution >= 4 is 12.0 Å². The Morgan fingerprint density at radius 3 is 2.86 bits per heavy atom. The van der Waals surface area contributed by atoms with Gasteiger partial charge in [-0.25, -0.2) is 0 Å². The van der Waals surface area contributed by atoms with Gasteiger partial charge < -0.3 is 10.6 Å². The molecule has 1 fully saturated rings. The van der Waals surface area contributed by atoms with E-state index in [0.717, 1.165) is 31.5 Å². The predicted molar refractivity (Wildman–Crippen MR) is 87.9 cm³/mol. The molecule has 0 bridgehead atoms. The van der Waals surface area contributed by atoms with Gasteiger partial charge in [0.1, 0.15) is 0 Å². The average molecular weight is 286 g/mol. The molecule has 0 aliphatic carbocycles. The van der Waals surface area contributed by atoms with Gasteiger partial charge in [-0.3, -0.25) is 4.79 Å². The second kappa shape index (κ2) is 6.90. The first-order chi connectivity index (χ1) is 9.97. The number of carbonyl (C=O) groups excluding carboxylic acids is 1. The molecule has 1 amide bonds. The van der Waals surface area contributed by atoms with Crippen LogP contribution in [0.3, 0.4) is 0 Å². The third kappa shape index (κ3) is 4.18. The number of carbonyl (C=O) groups is 1. The summed E-state index contributed by atoms with van der Waals surface area (Å²) < 4.78 is 0. The first-order valence-corrected chi connectivity index (χ1v) is 7.77. The van der Waals surface area contributed by atoms with E-state index in [1.807, 2.05) is 17.9 Å². The van der Waals surface area contributed by atoms with Crippen molar-refractivity contribution in [3.63, 3.8) is 0 Å². The van der Waals surface area contributed by atoms with E-state index in [1.54, 1.807) is 6.08 Å². The fraction of sp³-hybridized carbons (Fsp3) is 0.500. The molecule has 1 aliphatic rings. The molecule has 0 radical (unpaired) electrons. The molecule has 1 aliphatic heterocycles. The third-order valence-electron chi connectivity index (χ3n) is 4.34. The number of likely N-dealkylation sites (tertiary alicyclic amines) is 1. The summed E-state index contributed by atoms with van der Waals surface area (Å²) in [7, 11) is 0. The predicted octanol–water partition coefficient (Wildman–Crippen LogP) is 2.90. The first-order valence-electron chi connectivity index (χ1n) is 7.77. The molecular weight excluding hydrogens is 260 g/mol. The quantitative estimate of drug-likeness (QED) is 0.868. The average Bonchev–Trinajstić information content (AvgIpc) is 2.46. The van der Waals surface area contributed by atoms with Crippen molar-refractivity contribution in [1.82, 2.24) is 4.90 Å². The lowest BCUT2D eigenvalue weighted by Crippen LogP contribution is -2.44. The number of hydrogen-bond acceptors (Lipinski definition) is 2. The highest BCUT2D eigenvalue weighted by Crippen LogP contribution is 2.19. The summed E-state index contributed by atoms with van der Waals surface area (Å²) in [5, 5.41) is 0. The lowest BCUT2D eigenvalue weighted by molar-refractivity contribution is -0.127. The number of benzene rings is 1. The minimum Gasteiger partial charge on any atom is -0.339 e. The van der Waals surface area contributed by atoms with Crippen LogP contribution < -0.4 is 5.73 Å². The lowest BCUT2D eigenvalue weighted by Gasteiger charge is -2.34. The molecule has 3 nitrogen and oxygen atoms in total. The number of nitrogens with two attached hydrogens (primary N) is 1. The van der Waals surface area contributed by atoms with E-state index in [0.29, 0.717) is 5.92 Å². The molecule has 0 saturated carbocycles. The molecule has 0 spiro atoms. The maximum absolute atomic E-state index is 12.3. The molecule has 2 N–H and O–H groups in total. The zero-order chi connectivity index (χ0) is 15.4. The Morgan fingerprint density at radius 2 is 2.19 bits per heavy atom. The van der Waals surface area contributed by atoms with Crippen LogP contribution in [0.15, 0.2) is 24.3 Å². The maximum Gasteiger partial charge on any atom is 0.246 e. The highest BCUT2D eigenvalue weighted by molar-refractivity contribution is 5.92. The van der Waals surface area contributed by atoms with Crippen LogP contribution in [0.4, 0.5) is 0 Å². The normalized spacial score (nSPS) is 20.8. The number of rotatable bonds is 3. The van der Waals surface area contributed by atoms with Crippen molar-refractivity contribution < 1.29 is 4.79 Å². The van der Waals surface area contributed by atoms with Gasteiger partial charge in [-0.1, -0.05) is 23.8 Å². The fourth-order valence-electron chi connectivity index (χ4n) is 2.92. The SMILES string of the molecule is Cc1ccc(/C=C/C(=O)N2CCCC(C(C)N)C2)c(C)c1. The molecule has 1 heterocycles. The van der Waals surface area contributed by atoms with E-state index in [-0.39, 0.29) is 11.9 Å². The summed E-state index contributed by atoms with van der Waals surface area (Å²) in [6.45, 7) is 7.81. The van der Waals surface area contributed by atoms with Crippen LogP contribution in [-0.2, 0) is 4.79 Å². The smallest absolute Gasteiger partial charge is 0.246 e. The van der Waals surface area contributed by atoms with Crippen molar-refractivity contribution in [2.45, 2.75) is 39.7 Å². The van der Waals surface area contributed by atoms with E-state index in [4.69, 9.17) is 5.73 Å². The third-order valence-corrected chi connectivity index (χ3v) is 4.34. The molecule has 0 aromatic heterocycles. The van der Waals surface area contributed by atoms with Gasteiger partial charge in [0, 0.05) is 25.2 Å². The van der Waals surface area contributed by atoms with E-state index < -0.39 is 0 Å². The van der Waals surface area contributed by atoms with Gasteiger partial charge in [0.15, 0.2) is 0 Å². The topological polar surface area (TPSA) is 46.3 Å². The molecule has 1 saturated heterocycles. The zero-order valence-electron chi connectivity index (χ0n) is 13.3. The number of hydrogen-bond donors (Lipinski definition) is 1. The lowest BCUT2D eigenvalue weighted by atomic mass is 9.92. The Kier molecular flexibility index (Phi) is 5.18. The van der Waals surface area contributed by atoms with E-state index in [1.165, 1.54) is 11.1 Å². The molecule has 1 aromatic rings. The van der Waals surface area contributed by atoms with Gasteiger partial charge in [0.25, 0.3) is 0 Å². The number of nitrogens with zero attached hydrogens (tertiary/aromatic N) is 1. The molecule has 2 unspecified atom stereocenters. The zero-order valence-corrected chi connectivity index (χ0v) is 13.3. The highest BCUT2D eigenvalue weighted by atomic mass is 16.2. The van der Waals surface area contributed by atoms with Crippen molar-refractivity contribution in [3.8, 4) is 0 Å². The molecule has 21 heavy (non-hydrogen) atoms. The second-order valence-corrected chi connectivity index (χ2v) is 6.24. The Labute approximate surface area is 127 Å². The summed E-state index contributed by atoms with van der Waals surface area (Å²) in [6.07, 6.45) is 5.80. The van der Waals surface area contributed by atoms with Crippen LogP contribution >= 0.6 is 0 Å². The summed E-state index contributed by atoms with van der Waals surface area (Å²) in [5.41, 5.74) is 9.52. The van der Waals surface area contributed by atoms with Crippen molar-refractivity contribution in [2.75, 3.05) is 13.1 Å². The monoisotopic (exact) mass is 286 g/mol. The fourth-order valence-corrected chi connectivity index (χ4v) is 2.92. The minimum absolute atomic E-state index is 0.0975. The van der Waals surface area contributed by atoms with Gasteiger partial charge in [0.2, 0.25) is 5.91 Å². The van der Waals surface area contributed by atoms with E-state index >= 15 is 0 Å². The van der Waals surface area contributed by atoms with Gasteiger partial charge in [0.05, 0.1) is 0 Å². The van der Waals surface area contributed by atoms with Crippen LogP contribution in [0, 0.1) is 19.8 Å². The van der Waals surface area contributed by atoms with E-state index in [2.05, 4.69) is 32.0 Å². The Morgan fingerprint density at radius 1 is 1.43 bits per heavy atom. The van der Waals surface area contributed by atoms with Crippen LogP contribution in [0.25, 0.3) is 6.08 Å². The van der Waals surface area contributed by atoms with Gasteiger partial charge in [-0.05, 0) is 56.7 Å². The van der Waals surface area contributed by atoms with Crippen LogP contribution in [0.2, 0.25) is 0 Å². The van der Waals surface area contributed by atoms with Gasteiger partial charge >= 0.3 is 0 Å². The number of amides is 1. The molecule has 3 heteroatoms. The first kappa shape index (κ1) is 15.8. The molecular formula is C18H26N2O. The molecule has 1 aromatic carbocycles. The molecule has 2 rings (SSSR count). The molecule has 2 atom stereocenters. The standard InChI is InChI=1S/C18H26N2O/c1-13-6-7-16(14(2)11-13)8-9-18(21)20-10-4-5-17(12-20)15(3)19/h6-9,11,15,17H,4-5,10,12,19H2,1-3H3/b9-8+. The summed E-state index contributed by atoms with van der Waals surface area (Å²) in [4.78, 5) is 14.2. The van der Waals surface area contributed by atoms with Crippen LogP contribution in [0.5, 0.6) is 0 Å². The van der Waals surface area contributed by atoms with Gasteiger partial charge in [-0.2, -0.15) is 0 Å². The highest BCUT2D eigenvalue weighted by Gasteiger charge is 2.24.